The molecule has 77 valence electrons. The number of unbranched alkanes of at least 4 members (excludes halogenated alkanes) is 1. The van der Waals surface area contributed by atoms with Crippen LogP contribution in [0.1, 0.15) is 18.0 Å². The van der Waals surface area contributed by atoms with Crippen LogP contribution in [0.3, 0.4) is 0 Å². The lowest BCUT2D eigenvalue weighted by Crippen LogP contribution is -1.94. The van der Waals surface area contributed by atoms with E-state index in [1.165, 1.54) is 0 Å². The second-order valence-electron chi connectivity index (χ2n) is 3.28. The Kier molecular flexibility index (Phi) is 3.49. The number of rotatable bonds is 5. The minimum atomic E-state index is 0.875. The maximum absolute atomic E-state index is 5.22. The van der Waals surface area contributed by atoms with Crippen LogP contribution < -0.4 is 0 Å². The molecule has 0 N–H and O–H groups in total. The van der Waals surface area contributed by atoms with Gasteiger partial charge in [0.1, 0.15) is 11.6 Å². The minimum absolute atomic E-state index is 0.875. The highest BCUT2D eigenvalue weighted by atomic mass is 16.3. The number of hydrogen-bond acceptors (Lipinski definition) is 3. The van der Waals surface area contributed by atoms with Crippen molar-refractivity contribution >= 4 is 0 Å². The van der Waals surface area contributed by atoms with Crippen molar-refractivity contribution in [2.24, 2.45) is 0 Å². The van der Waals surface area contributed by atoms with Crippen molar-refractivity contribution in [2.45, 2.75) is 19.3 Å². The number of furan rings is 1. The first-order valence-electron chi connectivity index (χ1n) is 5.05. The molecular formula is C12H13N2O. The largest absolute Gasteiger partial charge is 0.469 e. The van der Waals surface area contributed by atoms with Crippen molar-refractivity contribution in [1.82, 2.24) is 9.97 Å². The third kappa shape index (κ3) is 3.20. The molecule has 0 aromatic carbocycles. The normalized spacial score (nSPS) is 10.4. The first kappa shape index (κ1) is 9.90. The summed E-state index contributed by atoms with van der Waals surface area (Å²) in [5, 5.41) is 0. The van der Waals surface area contributed by atoms with Crippen LogP contribution in [0.25, 0.3) is 0 Å². The van der Waals surface area contributed by atoms with Crippen LogP contribution in [0.5, 0.6) is 0 Å². The van der Waals surface area contributed by atoms with Crippen LogP contribution in [0.4, 0.5) is 0 Å². The summed E-state index contributed by atoms with van der Waals surface area (Å²) >= 11 is 0. The SMILES string of the molecule is [CH](CCc1ncccn1)Cc1ccco1. The Bertz CT molecular complexity index is 370. The van der Waals surface area contributed by atoms with Gasteiger partial charge in [0.05, 0.1) is 6.26 Å². The van der Waals surface area contributed by atoms with Gasteiger partial charge in [0.15, 0.2) is 0 Å². The summed E-state index contributed by atoms with van der Waals surface area (Å²) in [4.78, 5) is 8.32. The molecule has 0 bridgehead atoms. The zero-order valence-electron chi connectivity index (χ0n) is 8.47. The van der Waals surface area contributed by atoms with Crippen LogP contribution in [-0.4, -0.2) is 9.97 Å². The molecule has 1 radical (unpaired) electrons. The molecule has 0 aliphatic carbocycles. The fourth-order valence-electron chi connectivity index (χ4n) is 1.36. The Morgan fingerprint density at radius 2 is 2.07 bits per heavy atom. The molecule has 0 atom stereocenters. The van der Waals surface area contributed by atoms with Crippen LogP contribution in [0.15, 0.2) is 41.3 Å². The van der Waals surface area contributed by atoms with E-state index in [9.17, 15) is 0 Å². The molecule has 0 aliphatic heterocycles. The molecule has 0 aliphatic rings. The van der Waals surface area contributed by atoms with Crippen molar-refractivity contribution in [2.75, 3.05) is 0 Å². The molecule has 0 spiro atoms. The standard InChI is InChI=1S/C12H13N2O/c1(5-11-6-3-10-15-11)2-7-12-13-8-4-9-14-12/h1,3-4,6,8-10H,2,5,7H2. The van der Waals surface area contributed by atoms with Gasteiger partial charge >= 0.3 is 0 Å². The minimum Gasteiger partial charge on any atom is -0.469 e. The summed E-state index contributed by atoms with van der Waals surface area (Å²) in [5.74, 6) is 1.90. The number of hydrogen-bond donors (Lipinski definition) is 0. The molecule has 15 heavy (non-hydrogen) atoms. The molecule has 3 heteroatoms. The van der Waals surface area contributed by atoms with Gasteiger partial charge in [-0.2, -0.15) is 0 Å². The van der Waals surface area contributed by atoms with Gasteiger partial charge in [0.2, 0.25) is 0 Å². The Balaban J connectivity index is 1.68. The lowest BCUT2D eigenvalue weighted by Gasteiger charge is -1.98. The van der Waals surface area contributed by atoms with Crippen molar-refractivity contribution < 1.29 is 4.42 Å². The van der Waals surface area contributed by atoms with Gasteiger partial charge in [-0.05, 0) is 31.0 Å². The molecule has 0 unspecified atom stereocenters. The van der Waals surface area contributed by atoms with Crippen LogP contribution >= 0.6 is 0 Å². The molecule has 2 aromatic heterocycles. The maximum atomic E-state index is 5.22. The van der Waals surface area contributed by atoms with Crippen LogP contribution in [0, 0.1) is 6.42 Å². The summed E-state index contributed by atoms with van der Waals surface area (Å²) in [7, 11) is 0. The van der Waals surface area contributed by atoms with Gasteiger partial charge in [0.25, 0.3) is 0 Å². The average Bonchev–Trinajstić information content (AvgIpc) is 2.79. The van der Waals surface area contributed by atoms with E-state index < -0.39 is 0 Å². The Labute approximate surface area is 89.2 Å². The molecule has 0 saturated heterocycles. The summed E-state index contributed by atoms with van der Waals surface area (Å²) in [6.45, 7) is 0. The van der Waals surface area contributed by atoms with Crippen molar-refractivity contribution in [1.29, 1.82) is 0 Å². The van der Waals surface area contributed by atoms with Gasteiger partial charge in [-0.3, -0.25) is 0 Å². The molecule has 2 rings (SSSR count). The van der Waals surface area contributed by atoms with E-state index >= 15 is 0 Å². The van der Waals surface area contributed by atoms with Gasteiger partial charge in [-0.1, -0.05) is 0 Å². The predicted octanol–water partition coefficient (Wildman–Crippen LogP) is 2.45. The Hall–Kier alpha value is -1.64. The van der Waals surface area contributed by atoms with E-state index in [0.717, 1.165) is 30.8 Å². The summed E-state index contributed by atoms with van der Waals surface area (Å²) in [6, 6.07) is 5.72. The van der Waals surface area contributed by atoms with Crippen molar-refractivity contribution in [3.05, 3.63) is 54.9 Å². The van der Waals surface area contributed by atoms with E-state index in [0.29, 0.717) is 0 Å². The molecular weight excluding hydrogens is 188 g/mol. The lowest BCUT2D eigenvalue weighted by molar-refractivity contribution is 0.516. The van der Waals surface area contributed by atoms with E-state index in [1.54, 1.807) is 18.7 Å². The number of aromatic nitrogens is 2. The van der Waals surface area contributed by atoms with Crippen LogP contribution in [0.2, 0.25) is 0 Å². The van der Waals surface area contributed by atoms with E-state index in [2.05, 4.69) is 16.4 Å². The molecule has 2 aromatic rings. The second-order valence-corrected chi connectivity index (χ2v) is 3.28. The monoisotopic (exact) mass is 201 g/mol. The topological polar surface area (TPSA) is 38.9 Å². The summed E-state index contributed by atoms with van der Waals surface area (Å²) in [5.41, 5.74) is 0. The molecule has 0 fully saturated rings. The molecule has 0 saturated carbocycles. The van der Waals surface area contributed by atoms with E-state index in [1.807, 2.05) is 18.2 Å². The first-order valence-corrected chi connectivity index (χ1v) is 5.05. The second kappa shape index (κ2) is 5.29. The third-order valence-electron chi connectivity index (χ3n) is 2.12. The van der Waals surface area contributed by atoms with Gasteiger partial charge in [-0.25, -0.2) is 9.97 Å². The average molecular weight is 201 g/mol. The summed E-state index contributed by atoms with van der Waals surface area (Å²) < 4.78 is 5.22. The van der Waals surface area contributed by atoms with E-state index in [-0.39, 0.29) is 0 Å². The highest BCUT2D eigenvalue weighted by molar-refractivity contribution is 5.01. The van der Waals surface area contributed by atoms with Crippen molar-refractivity contribution in [3.63, 3.8) is 0 Å². The fraction of sp³-hybridized carbons (Fsp3) is 0.250. The first-order chi connectivity index (χ1) is 7.45. The zero-order valence-corrected chi connectivity index (χ0v) is 8.47. The Morgan fingerprint density at radius 3 is 2.80 bits per heavy atom. The fourth-order valence-corrected chi connectivity index (χ4v) is 1.36. The van der Waals surface area contributed by atoms with Gasteiger partial charge in [-0.15, -0.1) is 0 Å². The van der Waals surface area contributed by atoms with Gasteiger partial charge < -0.3 is 4.42 Å². The predicted molar refractivity (Wildman–Crippen MR) is 57.1 cm³/mol. The number of aryl methyl sites for hydroxylation is 1. The van der Waals surface area contributed by atoms with Gasteiger partial charge in [0, 0.05) is 25.2 Å². The Morgan fingerprint density at radius 1 is 1.20 bits per heavy atom. The maximum Gasteiger partial charge on any atom is 0.128 e. The quantitative estimate of drug-likeness (QED) is 0.697. The highest BCUT2D eigenvalue weighted by Crippen LogP contribution is 2.06. The molecule has 3 nitrogen and oxygen atoms in total. The lowest BCUT2D eigenvalue weighted by atomic mass is 10.1. The smallest absolute Gasteiger partial charge is 0.128 e. The molecule has 2 heterocycles. The highest BCUT2D eigenvalue weighted by Gasteiger charge is 1.98. The van der Waals surface area contributed by atoms with Crippen molar-refractivity contribution in [3.8, 4) is 0 Å². The number of nitrogens with zero attached hydrogens (tertiary/aromatic N) is 2. The third-order valence-corrected chi connectivity index (χ3v) is 2.12. The molecule has 0 amide bonds. The van der Waals surface area contributed by atoms with Crippen LogP contribution in [-0.2, 0) is 12.8 Å². The van der Waals surface area contributed by atoms with E-state index in [4.69, 9.17) is 4.42 Å². The zero-order chi connectivity index (χ0) is 10.3. The summed E-state index contributed by atoms with van der Waals surface area (Å²) in [6.07, 6.45) is 10.2.